The SMILES string of the molecule is CC(=O)c1c(C)c2cnc(Nc3ccc(N4CCN(Cc5cn(CCOCCOCCOCCNC(=O)C(CC(C)C)NC(=O)C(O)C(N)Cc6ccccc6)nn5)CC4)cn3)nc2n(C2CCCC2)c1=O. The van der Waals surface area contributed by atoms with Gasteiger partial charge in [-0.2, -0.15) is 4.98 Å². The molecule has 388 valence electrons. The number of aromatic nitrogens is 7. The standard InChI is InChI=1S/C51H71N13O8/c1-34(2)28-43(56-49(68)46(66)42(52)29-37-10-6-5-7-11-37)48(67)53-16-22-70-24-26-72-27-25-71-23-21-63-33-38(59-60-63)32-61-17-19-62(20-18-61)40-14-15-44(54-30-40)57-51-55-31-41-35(3)45(36(4)65)50(69)64(47(41)58-51)39-12-8-9-13-39/h5-7,10-11,14-15,30-31,33-34,39,42-43,46,66H,8-9,12-13,16-29,32,52H2,1-4H3,(H,53,67)(H,56,68)(H,54,55,57,58). The van der Waals surface area contributed by atoms with Crippen molar-refractivity contribution in [1.82, 2.24) is 50.0 Å². The van der Waals surface area contributed by atoms with E-state index in [1.54, 1.807) is 22.4 Å². The largest absolute Gasteiger partial charge is 0.382 e. The number of carbonyl (C=O) groups excluding carboxylic acids is 3. The molecule has 2 amide bonds. The molecule has 7 rings (SSSR count). The quantitative estimate of drug-likeness (QED) is 0.0374. The molecule has 1 aromatic carbocycles. The summed E-state index contributed by atoms with van der Waals surface area (Å²) in [6.45, 7) is 14.3. The van der Waals surface area contributed by atoms with Gasteiger partial charge in [-0.05, 0) is 68.7 Å². The van der Waals surface area contributed by atoms with Gasteiger partial charge in [-0.25, -0.2) is 14.6 Å². The second-order valence-corrected chi connectivity index (χ2v) is 19.0. The number of benzene rings is 1. The van der Waals surface area contributed by atoms with E-state index in [-0.39, 0.29) is 47.9 Å². The third kappa shape index (κ3) is 14.9. The van der Waals surface area contributed by atoms with Gasteiger partial charge in [0, 0.05) is 69.1 Å². The number of nitrogens with one attached hydrogen (secondary N) is 3. The molecule has 5 aromatic rings. The molecule has 72 heavy (non-hydrogen) atoms. The van der Waals surface area contributed by atoms with Crippen LogP contribution in [0.3, 0.4) is 0 Å². The van der Waals surface area contributed by atoms with E-state index >= 15 is 0 Å². The number of rotatable bonds is 27. The average Bonchev–Trinajstić information content (AvgIpc) is 4.07. The highest BCUT2D eigenvalue weighted by molar-refractivity contribution is 5.99. The number of amides is 2. The number of anilines is 3. The molecule has 1 aliphatic carbocycles. The summed E-state index contributed by atoms with van der Waals surface area (Å²) in [7, 11) is 0. The maximum absolute atomic E-state index is 13.6. The number of nitrogens with two attached hydrogens (primary N) is 1. The fourth-order valence-corrected chi connectivity index (χ4v) is 9.21. The maximum Gasteiger partial charge on any atom is 0.263 e. The van der Waals surface area contributed by atoms with Gasteiger partial charge in [0.15, 0.2) is 5.78 Å². The van der Waals surface area contributed by atoms with E-state index in [4.69, 9.17) is 24.9 Å². The van der Waals surface area contributed by atoms with Crippen LogP contribution in [0.4, 0.5) is 17.5 Å². The van der Waals surface area contributed by atoms with Crippen LogP contribution in [0.15, 0.2) is 65.8 Å². The van der Waals surface area contributed by atoms with Crippen LogP contribution in [0, 0.1) is 12.8 Å². The van der Waals surface area contributed by atoms with E-state index in [0.29, 0.717) is 87.3 Å². The Morgan fingerprint density at radius 3 is 2.28 bits per heavy atom. The van der Waals surface area contributed by atoms with Gasteiger partial charge in [0.25, 0.3) is 11.5 Å². The van der Waals surface area contributed by atoms with Crippen LogP contribution in [0.25, 0.3) is 11.0 Å². The molecule has 0 bridgehead atoms. The molecule has 0 spiro atoms. The Morgan fingerprint density at radius 2 is 1.60 bits per heavy atom. The lowest BCUT2D eigenvalue weighted by Gasteiger charge is -2.35. The summed E-state index contributed by atoms with van der Waals surface area (Å²) < 4.78 is 20.5. The number of Topliss-reactive ketones (excluding diaryl/α,β-unsaturated/α-hetero) is 1. The first-order chi connectivity index (χ1) is 34.8. The van der Waals surface area contributed by atoms with Gasteiger partial charge in [-0.15, -0.1) is 5.10 Å². The number of fused-ring (bicyclic) bond motifs is 1. The Bertz CT molecular complexity index is 2600. The molecule has 21 heteroatoms. The van der Waals surface area contributed by atoms with Crippen molar-refractivity contribution in [3.8, 4) is 0 Å². The maximum atomic E-state index is 13.6. The van der Waals surface area contributed by atoms with Crippen molar-refractivity contribution in [2.24, 2.45) is 11.7 Å². The number of hydrogen-bond donors (Lipinski definition) is 5. The number of ether oxygens (including phenoxy) is 3. The monoisotopic (exact) mass is 994 g/mol. The number of ketones is 1. The molecule has 2 aliphatic rings. The Kier molecular flexibility index (Phi) is 19.7. The fraction of sp³-hybridized carbons (Fsp3) is 0.549. The second-order valence-electron chi connectivity index (χ2n) is 19.0. The molecule has 0 radical (unpaired) electrons. The molecule has 1 saturated carbocycles. The smallest absolute Gasteiger partial charge is 0.263 e. The van der Waals surface area contributed by atoms with Crippen molar-refractivity contribution < 1.29 is 33.7 Å². The molecule has 21 nitrogen and oxygen atoms in total. The highest BCUT2D eigenvalue weighted by atomic mass is 16.5. The first-order valence-corrected chi connectivity index (χ1v) is 25.2. The van der Waals surface area contributed by atoms with Gasteiger partial charge in [-0.3, -0.25) is 28.6 Å². The predicted molar refractivity (Wildman–Crippen MR) is 272 cm³/mol. The van der Waals surface area contributed by atoms with Gasteiger partial charge in [-0.1, -0.05) is 62.2 Å². The molecule has 1 aliphatic heterocycles. The van der Waals surface area contributed by atoms with E-state index in [0.717, 1.165) is 68.8 Å². The third-order valence-electron chi connectivity index (χ3n) is 13.0. The van der Waals surface area contributed by atoms with Crippen molar-refractivity contribution in [2.75, 3.05) is 82.6 Å². The topological polar surface area (TPSA) is 259 Å². The highest BCUT2D eigenvalue weighted by Gasteiger charge is 2.29. The van der Waals surface area contributed by atoms with Crippen molar-refractivity contribution in [3.05, 3.63) is 93.8 Å². The summed E-state index contributed by atoms with van der Waals surface area (Å²) in [6.07, 6.45) is 8.57. The van der Waals surface area contributed by atoms with Crippen molar-refractivity contribution in [3.63, 3.8) is 0 Å². The fourth-order valence-electron chi connectivity index (χ4n) is 9.21. The molecule has 1 saturated heterocycles. The number of nitrogens with zero attached hydrogens (tertiary/aromatic N) is 9. The predicted octanol–water partition coefficient (Wildman–Crippen LogP) is 3.10. The van der Waals surface area contributed by atoms with Crippen molar-refractivity contribution >= 4 is 46.1 Å². The highest BCUT2D eigenvalue weighted by Crippen LogP contribution is 2.32. The van der Waals surface area contributed by atoms with Crippen LogP contribution in [0.2, 0.25) is 0 Å². The molecular formula is C51H71N13O8. The first-order valence-electron chi connectivity index (χ1n) is 25.2. The van der Waals surface area contributed by atoms with Crippen molar-refractivity contribution in [2.45, 2.75) is 104 Å². The van der Waals surface area contributed by atoms with Gasteiger partial charge < -0.3 is 45.9 Å². The summed E-state index contributed by atoms with van der Waals surface area (Å²) in [6, 6.07) is 11.7. The number of aliphatic hydroxyl groups is 1. The van der Waals surface area contributed by atoms with Gasteiger partial charge in [0.2, 0.25) is 11.9 Å². The Morgan fingerprint density at radius 1 is 0.889 bits per heavy atom. The molecule has 3 unspecified atom stereocenters. The van der Waals surface area contributed by atoms with E-state index in [1.165, 1.54) is 6.92 Å². The lowest BCUT2D eigenvalue weighted by Crippen LogP contribution is -2.54. The summed E-state index contributed by atoms with van der Waals surface area (Å²) >= 11 is 0. The van der Waals surface area contributed by atoms with E-state index in [2.05, 4.69) is 46.0 Å². The van der Waals surface area contributed by atoms with Crippen molar-refractivity contribution in [1.29, 1.82) is 0 Å². The molecule has 5 heterocycles. The number of piperazine rings is 1. The zero-order valence-electron chi connectivity index (χ0n) is 42.0. The van der Waals surface area contributed by atoms with Gasteiger partial charge in [0.1, 0.15) is 23.6 Å². The molecular weight excluding hydrogens is 923 g/mol. The van der Waals surface area contributed by atoms with Crippen LogP contribution in [-0.4, -0.2) is 153 Å². The van der Waals surface area contributed by atoms with Crippen LogP contribution >= 0.6 is 0 Å². The van der Waals surface area contributed by atoms with E-state index < -0.39 is 24.1 Å². The zero-order chi connectivity index (χ0) is 51.0. The molecule has 3 atom stereocenters. The van der Waals surface area contributed by atoms with Gasteiger partial charge >= 0.3 is 0 Å². The first kappa shape index (κ1) is 53.6. The number of hydrogen-bond acceptors (Lipinski definition) is 17. The Balaban J connectivity index is 0.733. The molecule has 4 aromatic heterocycles. The summed E-state index contributed by atoms with van der Waals surface area (Å²) in [4.78, 5) is 70.4. The Hall–Kier alpha value is -6.23. The van der Waals surface area contributed by atoms with E-state index in [1.807, 2.05) is 68.7 Å². The summed E-state index contributed by atoms with van der Waals surface area (Å²) in [5.41, 5.74) is 10.0. The third-order valence-corrected chi connectivity index (χ3v) is 13.0. The zero-order valence-corrected chi connectivity index (χ0v) is 42.0. The number of aliphatic hydroxyl groups excluding tert-OH is 1. The number of carbonyl (C=O) groups is 3. The lowest BCUT2D eigenvalue weighted by molar-refractivity contribution is -0.135. The average molecular weight is 994 g/mol. The minimum absolute atomic E-state index is 0.00232. The summed E-state index contributed by atoms with van der Waals surface area (Å²) in [5.74, 6) is -0.227. The van der Waals surface area contributed by atoms with Gasteiger partial charge in [0.05, 0.1) is 69.3 Å². The second kappa shape index (κ2) is 26.5. The van der Waals surface area contributed by atoms with Crippen LogP contribution in [-0.2, 0) is 43.3 Å². The van der Waals surface area contributed by atoms with Crippen LogP contribution < -0.4 is 32.1 Å². The number of pyridine rings is 2. The molecule has 2 fully saturated rings. The summed E-state index contributed by atoms with van der Waals surface area (Å²) in [5, 5.41) is 28.6. The minimum atomic E-state index is -1.46. The van der Waals surface area contributed by atoms with Crippen LogP contribution in [0.5, 0.6) is 0 Å². The lowest BCUT2D eigenvalue weighted by atomic mass is 10.00. The molecule has 6 N–H and O–H groups in total. The number of aryl methyl sites for hydroxylation is 1. The van der Waals surface area contributed by atoms with E-state index in [9.17, 15) is 24.3 Å². The van der Waals surface area contributed by atoms with Crippen LogP contribution in [0.1, 0.15) is 86.1 Å². The minimum Gasteiger partial charge on any atom is -0.382 e. The Labute approximate surface area is 420 Å². The normalized spacial score (nSPS) is 15.7.